The van der Waals surface area contributed by atoms with Crippen LogP contribution in [0.3, 0.4) is 0 Å². The number of nitro benzene ring substituents is 1. The van der Waals surface area contributed by atoms with Crippen LogP contribution in [0.25, 0.3) is 0 Å². The average molecular weight is 462 g/mol. The molecule has 1 aromatic rings. The Morgan fingerprint density at radius 1 is 1.12 bits per heavy atom. The number of carbonyl (C=O) groups excluding carboxylic acids is 1. The normalized spacial score (nSPS) is 16.1. The highest BCUT2D eigenvalue weighted by Gasteiger charge is 2.38. The molecule has 0 aromatic heterocycles. The number of ether oxygens (including phenoxy) is 3. The number of non-ortho nitro benzene ring substituents is 1. The van der Waals surface area contributed by atoms with Crippen LogP contribution in [0.5, 0.6) is 0 Å². The molecule has 10 nitrogen and oxygen atoms in total. The van der Waals surface area contributed by atoms with Gasteiger partial charge in [0, 0.05) is 36.7 Å². The number of benzene rings is 1. The Kier molecular flexibility index (Phi) is 9.56. The molecule has 0 spiro atoms. The zero-order valence-corrected chi connectivity index (χ0v) is 19.3. The van der Waals surface area contributed by atoms with E-state index < -0.39 is 29.1 Å². The van der Waals surface area contributed by atoms with Gasteiger partial charge in [-0.05, 0) is 32.3 Å². The molecular weight excluding hydrogens is 432 g/mol. The van der Waals surface area contributed by atoms with Gasteiger partial charge in [0.1, 0.15) is 6.61 Å². The monoisotopic (exact) mass is 462 g/mol. The standard InChI is InChI=1S/C23H30N2O8/c1-5-10-31-18(32-11-6-2)13-33-23(28)20-15(4)24-14(3)19(22(26)27)21(20)16-8-7-9-17(12-16)25(29)30/h7-9,12,18,21,24H,5-6,10-11,13H2,1-4H3,(H,26,27). The van der Waals surface area contributed by atoms with Crippen molar-refractivity contribution in [3.05, 3.63) is 62.5 Å². The van der Waals surface area contributed by atoms with Crippen LogP contribution in [0.4, 0.5) is 5.69 Å². The second kappa shape index (κ2) is 12.1. The van der Waals surface area contributed by atoms with E-state index in [1.54, 1.807) is 19.9 Å². The van der Waals surface area contributed by atoms with Crippen molar-refractivity contribution in [3.8, 4) is 0 Å². The molecule has 1 aliphatic heterocycles. The molecule has 0 bridgehead atoms. The number of hydrogen-bond acceptors (Lipinski definition) is 8. The van der Waals surface area contributed by atoms with Crippen molar-refractivity contribution in [2.24, 2.45) is 0 Å². The number of carbonyl (C=O) groups is 2. The summed E-state index contributed by atoms with van der Waals surface area (Å²) in [5.41, 5.74) is 0.801. The van der Waals surface area contributed by atoms with Gasteiger partial charge in [-0.1, -0.05) is 26.0 Å². The Morgan fingerprint density at radius 2 is 1.73 bits per heavy atom. The topological polar surface area (TPSA) is 137 Å². The summed E-state index contributed by atoms with van der Waals surface area (Å²) < 4.78 is 16.6. The average Bonchev–Trinajstić information content (AvgIpc) is 2.77. The van der Waals surface area contributed by atoms with E-state index in [0.717, 1.165) is 12.8 Å². The van der Waals surface area contributed by atoms with Crippen molar-refractivity contribution < 1.29 is 33.8 Å². The van der Waals surface area contributed by atoms with Crippen LogP contribution in [-0.2, 0) is 23.8 Å². The summed E-state index contributed by atoms with van der Waals surface area (Å²) in [7, 11) is 0. The maximum atomic E-state index is 13.2. The highest BCUT2D eigenvalue weighted by Crippen LogP contribution is 2.39. The molecule has 1 heterocycles. The van der Waals surface area contributed by atoms with Crippen LogP contribution in [0.15, 0.2) is 46.8 Å². The maximum Gasteiger partial charge on any atom is 0.336 e. The van der Waals surface area contributed by atoms with Crippen molar-refractivity contribution in [2.75, 3.05) is 19.8 Å². The molecule has 0 amide bonds. The third kappa shape index (κ3) is 6.62. The summed E-state index contributed by atoms with van der Waals surface area (Å²) in [5, 5.41) is 24.1. The van der Waals surface area contributed by atoms with Gasteiger partial charge in [-0.2, -0.15) is 0 Å². The van der Waals surface area contributed by atoms with Crippen LogP contribution >= 0.6 is 0 Å². The molecule has 180 valence electrons. The number of carboxylic acids is 1. The van der Waals surface area contributed by atoms with E-state index in [-0.39, 0.29) is 23.4 Å². The Hall–Kier alpha value is -3.24. The van der Waals surface area contributed by atoms with Crippen LogP contribution in [0, 0.1) is 10.1 Å². The number of nitro groups is 1. The van der Waals surface area contributed by atoms with E-state index in [1.807, 2.05) is 13.8 Å². The Bertz CT molecular complexity index is 946. The molecule has 0 radical (unpaired) electrons. The zero-order chi connectivity index (χ0) is 24.5. The molecule has 0 saturated carbocycles. The van der Waals surface area contributed by atoms with Gasteiger partial charge in [-0.25, -0.2) is 9.59 Å². The quantitative estimate of drug-likeness (QED) is 0.206. The van der Waals surface area contributed by atoms with Crippen LogP contribution in [0.1, 0.15) is 52.0 Å². The number of carboxylic acid groups (broad SMARTS) is 1. The summed E-state index contributed by atoms with van der Waals surface area (Å²) in [6.45, 7) is 7.76. The minimum atomic E-state index is -1.25. The number of rotatable bonds is 12. The van der Waals surface area contributed by atoms with E-state index in [1.165, 1.54) is 18.2 Å². The van der Waals surface area contributed by atoms with Gasteiger partial charge in [0.15, 0.2) is 6.29 Å². The van der Waals surface area contributed by atoms with Crippen LogP contribution in [-0.4, -0.2) is 48.1 Å². The van der Waals surface area contributed by atoms with Gasteiger partial charge >= 0.3 is 11.9 Å². The molecule has 0 aliphatic carbocycles. The van der Waals surface area contributed by atoms with Gasteiger partial charge in [-0.15, -0.1) is 0 Å². The number of dihydropyridines is 1. The molecule has 1 aliphatic rings. The molecular formula is C23H30N2O8. The van der Waals surface area contributed by atoms with Gasteiger partial charge < -0.3 is 24.6 Å². The third-order valence-corrected chi connectivity index (χ3v) is 4.99. The summed E-state index contributed by atoms with van der Waals surface area (Å²) in [6, 6.07) is 5.58. The Balaban J connectivity index is 2.40. The minimum Gasteiger partial charge on any atom is -0.478 e. The van der Waals surface area contributed by atoms with E-state index in [9.17, 15) is 24.8 Å². The van der Waals surface area contributed by atoms with Crippen molar-refractivity contribution in [2.45, 2.75) is 52.7 Å². The van der Waals surface area contributed by atoms with E-state index >= 15 is 0 Å². The Morgan fingerprint density at radius 3 is 2.27 bits per heavy atom. The van der Waals surface area contributed by atoms with Crippen LogP contribution < -0.4 is 5.32 Å². The second-order valence-electron chi connectivity index (χ2n) is 7.56. The van der Waals surface area contributed by atoms with Crippen molar-refractivity contribution in [1.29, 1.82) is 0 Å². The number of esters is 1. The predicted octanol–water partition coefficient (Wildman–Crippen LogP) is 3.64. The molecule has 10 heteroatoms. The zero-order valence-electron chi connectivity index (χ0n) is 19.3. The lowest BCUT2D eigenvalue weighted by atomic mass is 9.80. The lowest BCUT2D eigenvalue weighted by Gasteiger charge is -2.30. The van der Waals surface area contributed by atoms with E-state index in [2.05, 4.69) is 5.32 Å². The fourth-order valence-corrected chi connectivity index (χ4v) is 3.56. The van der Waals surface area contributed by atoms with Gasteiger partial charge in [-0.3, -0.25) is 10.1 Å². The first-order valence-electron chi connectivity index (χ1n) is 10.8. The largest absolute Gasteiger partial charge is 0.478 e. The van der Waals surface area contributed by atoms with Crippen molar-refractivity contribution >= 4 is 17.6 Å². The number of nitrogens with zero attached hydrogens (tertiary/aromatic N) is 1. The minimum absolute atomic E-state index is 0.0585. The number of hydrogen-bond donors (Lipinski definition) is 2. The smallest absolute Gasteiger partial charge is 0.336 e. The molecule has 0 fully saturated rings. The van der Waals surface area contributed by atoms with Gasteiger partial charge in [0.05, 0.1) is 22.0 Å². The number of aliphatic carboxylic acids is 1. The molecule has 33 heavy (non-hydrogen) atoms. The van der Waals surface area contributed by atoms with Crippen LogP contribution in [0.2, 0.25) is 0 Å². The SMILES string of the molecule is CCCOC(COC(=O)C1=C(C)NC(C)=C(C(=O)O)C1c1cccc([N+](=O)[O-])c1)OCCC. The van der Waals surface area contributed by atoms with E-state index in [4.69, 9.17) is 14.2 Å². The first kappa shape index (κ1) is 26.0. The van der Waals surface area contributed by atoms with Crippen molar-refractivity contribution in [1.82, 2.24) is 5.32 Å². The summed E-state index contributed by atoms with van der Waals surface area (Å²) in [6.07, 6.45) is 0.767. The fraction of sp³-hybridized carbons (Fsp3) is 0.478. The highest BCUT2D eigenvalue weighted by atomic mass is 16.7. The lowest BCUT2D eigenvalue weighted by Crippen LogP contribution is -2.33. The fourth-order valence-electron chi connectivity index (χ4n) is 3.56. The highest BCUT2D eigenvalue weighted by molar-refractivity contribution is 5.99. The lowest BCUT2D eigenvalue weighted by molar-refractivity contribution is -0.384. The van der Waals surface area contributed by atoms with Crippen molar-refractivity contribution in [3.63, 3.8) is 0 Å². The van der Waals surface area contributed by atoms with Gasteiger partial charge in [0.25, 0.3) is 5.69 Å². The molecule has 1 aromatic carbocycles. The molecule has 1 unspecified atom stereocenters. The maximum absolute atomic E-state index is 13.2. The summed E-state index contributed by atoms with van der Waals surface area (Å²) >= 11 is 0. The summed E-state index contributed by atoms with van der Waals surface area (Å²) in [5.74, 6) is -3.06. The second-order valence-corrected chi connectivity index (χ2v) is 7.56. The van der Waals surface area contributed by atoms with E-state index in [0.29, 0.717) is 30.2 Å². The number of allylic oxidation sites excluding steroid dienone is 2. The number of nitrogens with one attached hydrogen (secondary N) is 1. The third-order valence-electron chi connectivity index (χ3n) is 4.99. The molecule has 1 atom stereocenters. The first-order valence-corrected chi connectivity index (χ1v) is 10.8. The first-order chi connectivity index (χ1) is 15.7. The summed E-state index contributed by atoms with van der Waals surface area (Å²) in [4.78, 5) is 36.0. The molecule has 2 N–H and O–H groups in total. The Labute approximate surface area is 192 Å². The van der Waals surface area contributed by atoms with Gasteiger partial charge in [0.2, 0.25) is 0 Å². The molecule has 0 saturated heterocycles. The molecule has 2 rings (SSSR count). The predicted molar refractivity (Wildman–Crippen MR) is 119 cm³/mol.